The number of phenols is 2. The lowest BCUT2D eigenvalue weighted by atomic mass is 9.54. The van der Waals surface area contributed by atoms with E-state index in [-0.39, 0.29) is 28.6 Å². The minimum atomic E-state index is -0.647. The predicted molar refractivity (Wildman–Crippen MR) is 92.8 cm³/mol. The maximum absolute atomic E-state index is 12.8. The van der Waals surface area contributed by atoms with Gasteiger partial charge in [-0.2, -0.15) is 0 Å². The second-order valence-electron chi connectivity index (χ2n) is 8.36. The summed E-state index contributed by atoms with van der Waals surface area (Å²) in [6.07, 6.45) is 2.53. The zero-order valence-corrected chi connectivity index (χ0v) is 15.0. The highest BCUT2D eigenvalue weighted by Crippen LogP contribution is 2.59. The summed E-state index contributed by atoms with van der Waals surface area (Å²) >= 11 is 0. The summed E-state index contributed by atoms with van der Waals surface area (Å²) in [5.41, 5.74) is 1.01. The molecule has 0 aromatic heterocycles. The number of hydrogen-bond acceptors (Lipinski definition) is 4. The monoisotopic (exact) mass is 330 g/mol. The Bertz CT molecular complexity index is 770. The van der Waals surface area contributed by atoms with Gasteiger partial charge in [0.25, 0.3) is 0 Å². The molecular formula is C20H26O4. The van der Waals surface area contributed by atoms with Gasteiger partial charge in [-0.05, 0) is 35.8 Å². The molecule has 0 saturated heterocycles. The molecule has 3 rings (SSSR count). The molecule has 1 unspecified atom stereocenters. The van der Waals surface area contributed by atoms with E-state index in [9.17, 15) is 20.1 Å². The van der Waals surface area contributed by atoms with E-state index in [0.717, 1.165) is 19.3 Å². The molecule has 1 atom stereocenters. The Morgan fingerprint density at radius 1 is 1.04 bits per heavy atom. The van der Waals surface area contributed by atoms with Crippen molar-refractivity contribution in [1.82, 2.24) is 0 Å². The minimum Gasteiger partial charge on any atom is -0.504 e. The van der Waals surface area contributed by atoms with Crippen LogP contribution in [0, 0.1) is 5.41 Å². The lowest BCUT2D eigenvalue weighted by Gasteiger charge is -2.49. The van der Waals surface area contributed by atoms with Gasteiger partial charge in [0.2, 0.25) is 5.78 Å². The third-order valence-electron chi connectivity index (χ3n) is 5.88. The summed E-state index contributed by atoms with van der Waals surface area (Å²) in [6.45, 7) is 9.78. The van der Waals surface area contributed by atoms with Gasteiger partial charge in [-0.1, -0.05) is 41.0 Å². The van der Waals surface area contributed by atoms with Crippen molar-refractivity contribution >= 4 is 5.78 Å². The lowest BCUT2D eigenvalue weighted by Crippen LogP contribution is -2.43. The van der Waals surface area contributed by atoms with Gasteiger partial charge >= 0.3 is 0 Å². The number of fused-ring (bicyclic) bond motifs is 3. The number of benzene rings is 1. The highest BCUT2D eigenvalue weighted by atomic mass is 16.3. The van der Waals surface area contributed by atoms with Crippen LogP contribution in [0.1, 0.15) is 81.3 Å². The molecule has 2 aliphatic rings. The number of ketones is 1. The maximum Gasteiger partial charge on any atom is 0.227 e. The molecular weight excluding hydrogens is 304 g/mol. The molecule has 0 amide bonds. The van der Waals surface area contributed by atoms with E-state index >= 15 is 0 Å². The van der Waals surface area contributed by atoms with E-state index in [2.05, 4.69) is 0 Å². The fourth-order valence-corrected chi connectivity index (χ4v) is 4.81. The number of allylic oxidation sites excluding steroid dienone is 2. The van der Waals surface area contributed by atoms with Crippen molar-refractivity contribution in [1.29, 1.82) is 0 Å². The first-order valence-corrected chi connectivity index (χ1v) is 8.60. The summed E-state index contributed by atoms with van der Waals surface area (Å²) in [5, 5.41) is 31.9. The fourth-order valence-electron chi connectivity index (χ4n) is 4.81. The lowest BCUT2D eigenvalue weighted by molar-refractivity contribution is 0.0938. The zero-order chi connectivity index (χ0) is 18.0. The van der Waals surface area contributed by atoms with Gasteiger partial charge in [-0.15, -0.1) is 0 Å². The number of aliphatic hydroxyl groups excluding tert-OH is 1. The van der Waals surface area contributed by atoms with Crippen LogP contribution in [0.3, 0.4) is 0 Å². The summed E-state index contributed by atoms with van der Waals surface area (Å²) < 4.78 is 0. The second kappa shape index (κ2) is 5.01. The molecule has 1 fully saturated rings. The van der Waals surface area contributed by atoms with E-state index in [4.69, 9.17) is 0 Å². The number of aliphatic hydroxyl groups is 1. The molecule has 130 valence electrons. The topological polar surface area (TPSA) is 77.8 Å². The third-order valence-corrected chi connectivity index (χ3v) is 5.88. The second-order valence-corrected chi connectivity index (χ2v) is 8.36. The first-order chi connectivity index (χ1) is 11.0. The van der Waals surface area contributed by atoms with Gasteiger partial charge < -0.3 is 15.3 Å². The molecule has 0 radical (unpaired) electrons. The molecule has 1 saturated carbocycles. The Balaban J connectivity index is 2.39. The standard InChI is InChI=1S/C20H26O4/c1-10(2)11-9-12-13(16(23)14(11)21)20(5)8-6-7-19(3,4)18(20)17(24)15(12)22/h9-10,21,23-24H,6-8H2,1-5H3. The molecule has 0 heterocycles. The van der Waals surface area contributed by atoms with Crippen LogP contribution in [0.25, 0.3) is 0 Å². The molecule has 2 aliphatic carbocycles. The van der Waals surface area contributed by atoms with Crippen molar-refractivity contribution in [2.24, 2.45) is 5.41 Å². The zero-order valence-electron chi connectivity index (χ0n) is 15.0. The van der Waals surface area contributed by atoms with Crippen LogP contribution in [-0.4, -0.2) is 21.1 Å². The van der Waals surface area contributed by atoms with Crippen molar-refractivity contribution in [3.8, 4) is 11.5 Å². The van der Waals surface area contributed by atoms with E-state index in [0.29, 0.717) is 22.3 Å². The number of phenolic OH excluding ortho intramolecular Hbond substituents is 2. The molecule has 24 heavy (non-hydrogen) atoms. The van der Waals surface area contributed by atoms with Gasteiger partial charge in [0.05, 0.1) is 0 Å². The van der Waals surface area contributed by atoms with Crippen LogP contribution in [0.2, 0.25) is 0 Å². The number of Topliss-reactive ketones (excluding diaryl/α,β-unsaturated/α-hetero) is 1. The highest BCUT2D eigenvalue weighted by Gasteiger charge is 2.52. The van der Waals surface area contributed by atoms with Crippen molar-refractivity contribution in [3.63, 3.8) is 0 Å². The van der Waals surface area contributed by atoms with Crippen LogP contribution < -0.4 is 0 Å². The number of hydrogen-bond donors (Lipinski definition) is 3. The normalized spacial score (nSPS) is 25.7. The summed E-state index contributed by atoms with van der Waals surface area (Å²) in [7, 11) is 0. The summed E-state index contributed by atoms with van der Waals surface area (Å²) in [5.74, 6) is -1.05. The van der Waals surface area contributed by atoms with Crippen molar-refractivity contribution in [3.05, 3.63) is 34.1 Å². The summed E-state index contributed by atoms with van der Waals surface area (Å²) in [4.78, 5) is 12.8. The van der Waals surface area contributed by atoms with Gasteiger partial charge in [-0.3, -0.25) is 4.79 Å². The third kappa shape index (κ3) is 2.01. The van der Waals surface area contributed by atoms with Gasteiger partial charge in [0.15, 0.2) is 17.3 Å². The van der Waals surface area contributed by atoms with E-state index < -0.39 is 11.2 Å². The van der Waals surface area contributed by atoms with Gasteiger partial charge in [0.1, 0.15) is 0 Å². The maximum atomic E-state index is 12.8. The van der Waals surface area contributed by atoms with E-state index in [1.54, 1.807) is 6.07 Å². The van der Waals surface area contributed by atoms with Gasteiger partial charge in [-0.25, -0.2) is 0 Å². The van der Waals surface area contributed by atoms with E-state index in [1.165, 1.54) is 0 Å². The summed E-state index contributed by atoms with van der Waals surface area (Å²) in [6, 6.07) is 1.64. The van der Waals surface area contributed by atoms with Crippen molar-refractivity contribution < 1.29 is 20.1 Å². The molecule has 3 N–H and O–H groups in total. The predicted octanol–water partition coefficient (Wildman–Crippen LogP) is 4.70. The molecule has 1 aromatic carbocycles. The number of carbonyl (C=O) groups is 1. The largest absolute Gasteiger partial charge is 0.504 e. The molecule has 4 heteroatoms. The SMILES string of the molecule is CC(C)c1cc2c(c(O)c1O)C1(C)CCCC(C)(C)C1=C(O)C2=O. The average Bonchev–Trinajstić information content (AvgIpc) is 2.46. The van der Waals surface area contributed by atoms with Crippen molar-refractivity contribution in [2.45, 2.75) is 65.2 Å². The molecule has 1 aromatic rings. The van der Waals surface area contributed by atoms with Crippen LogP contribution in [0.4, 0.5) is 0 Å². The van der Waals surface area contributed by atoms with Crippen molar-refractivity contribution in [2.75, 3.05) is 0 Å². The first-order valence-electron chi connectivity index (χ1n) is 8.60. The number of rotatable bonds is 1. The highest BCUT2D eigenvalue weighted by molar-refractivity contribution is 6.11. The quantitative estimate of drug-likeness (QED) is 0.652. The Labute approximate surface area is 142 Å². The van der Waals surface area contributed by atoms with E-state index in [1.807, 2.05) is 34.6 Å². The molecule has 4 nitrogen and oxygen atoms in total. The Kier molecular flexibility index (Phi) is 3.52. The Morgan fingerprint density at radius 3 is 2.25 bits per heavy atom. The van der Waals surface area contributed by atoms with Gasteiger partial charge in [0, 0.05) is 22.1 Å². The van der Waals surface area contributed by atoms with Crippen LogP contribution in [0.5, 0.6) is 11.5 Å². The van der Waals surface area contributed by atoms with Crippen LogP contribution in [-0.2, 0) is 5.41 Å². The molecule has 0 bridgehead atoms. The van der Waals surface area contributed by atoms with Crippen LogP contribution >= 0.6 is 0 Å². The number of carbonyl (C=O) groups excluding carboxylic acids is 1. The smallest absolute Gasteiger partial charge is 0.227 e. The fraction of sp³-hybridized carbons (Fsp3) is 0.550. The Morgan fingerprint density at radius 2 is 1.67 bits per heavy atom. The molecule has 0 aliphatic heterocycles. The first kappa shape index (κ1) is 16.9. The number of aromatic hydroxyl groups is 2. The molecule has 0 spiro atoms. The van der Waals surface area contributed by atoms with Crippen LogP contribution in [0.15, 0.2) is 17.4 Å². The Hall–Kier alpha value is -1.97. The average molecular weight is 330 g/mol. The minimum absolute atomic E-state index is 0.0443.